The number of nitrogens with zero attached hydrogens (tertiary/aromatic N) is 3. The monoisotopic (exact) mass is 415 g/mol. The first-order chi connectivity index (χ1) is 14.0. The van der Waals surface area contributed by atoms with Gasteiger partial charge in [0.1, 0.15) is 12.4 Å². The predicted molar refractivity (Wildman–Crippen MR) is 107 cm³/mol. The maximum atomic E-state index is 12.2. The van der Waals surface area contributed by atoms with Crippen molar-refractivity contribution in [3.8, 4) is 17.3 Å². The fraction of sp³-hybridized carbons (Fsp3) is 0.300. The lowest BCUT2D eigenvalue weighted by molar-refractivity contribution is -0.141. The molecule has 0 radical (unpaired) electrons. The molecule has 8 nitrogen and oxygen atoms in total. The Kier molecular flexibility index (Phi) is 6.71. The summed E-state index contributed by atoms with van der Waals surface area (Å²) >= 11 is 1.24. The van der Waals surface area contributed by atoms with Crippen molar-refractivity contribution in [3.63, 3.8) is 0 Å². The van der Waals surface area contributed by atoms with Crippen LogP contribution in [0.4, 0.5) is 0 Å². The largest absolute Gasteiger partial charge is 0.496 e. The molecule has 0 aliphatic heterocycles. The molecule has 1 aromatic carbocycles. The van der Waals surface area contributed by atoms with Crippen LogP contribution in [0.2, 0.25) is 0 Å². The van der Waals surface area contributed by atoms with Crippen LogP contribution in [0.15, 0.2) is 46.2 Å². The van der Waals surface area contributed by atoms with Crippen molar-refractivity contribution in [2.45, 2.75) is 32.2 Å². The van der Waals surface area contributed by atoms with Crippen LogP contribution in [-0.2, 0) is 22.7 Å². The van der Waals surface area contributed by atoms with Crippen LogP contribution in [0.25, 0.3) is 11.6 Å². The molecular formula is C20H21N3O5S. The third kappa shape index (κ3) is 4.86. The minimum Gasteiger partial charge on any atom is -0.496 e. The number of furan rings is 1. The van der Waals surface area contributed by atoms with Crippen molar-refractivity contribution >= 4 is 23.5 Å². The molecule has 0 fully saturated rings. The number of ketones is 1. The molecule has 0 aliphatic carbocycles. The molecule has 3 aromatic rings. The summed E-state index contributed by atoms with van der Waals surface area (Å²) in [5.74, 6) is 1.39. The van der Waals surface area contributed by atoms with Crippen LogP contribution in [-0.4, -0.2) is 39.4 Å². The Balaban J connectivity index is 1.61. The number of thioether (sulfide) groups is 1. The van der Waals surface area contributed by atoms with Gasteiger partial charge in [-0.3, -0.25) is 14.2 Å². The molecule has 0 spiro atoms. The molecule has 0 saturated carbocycles. The minimum atomic E-state index is -0.407. The van der Waals surface area contributed by atoms with Gasteiger partial charge in [-0.2, -0.15) is 0 Å². The van der Waals surface area contributed by atoms with Gasteiger partial charge in [-0.15, -0.1) is 10.2 Å². The topological polar surface area (TPSA) is 96.5 Å². The van der Waals surface area contributed by atoms with Crippen LogP contribution < -0.4 is 4.74 Å². The Hall–Kier alpha value is -3.07. The zero-order valence-corrected chi connectivity index (χ0v) is 17.2. The van der Waals surface area contributed by atoms with Crippen LogP contribution in [0.1, 0.15) is 29.8 Å². The number of carbonyl (C=O) groups excluding carboxylic acids is 2. The Morgan fingerprint density at radius 2 is 2.07 bits per heavy atom. The highest BCUT2D eigenvalue weighted by Crippen LogP contribution is 2.25. The summed E-state index contributed by atoms with van der Waals surface area (Å²) in [5, 5.41) is 8.89. The quantitative estimate of drug-likeness (QED) is 0.297. The van der Waals surface area contributed by atoms with E-state index in [9.17, 15) is 9.59 Å². The van der Waals surface area contributed by atoms with Crippen molar-refractivity contribution in [3.05, 3.63) is 47.7 Å². The number of benzene rings is 1. The molecular weight excluding hydrogens is 394 g/mol. The van der Waals surface area contributed by atoms with Gasteiger partial charge in [0.25, 0.3) is 0 Å². The summed E-state index contributed by atoms with van der Waals surface area (Å²) in [7, 11) is 1.53. The van der Waals surface area contributed by atoms with E-state index in [0.717, 1.165) is 0 Å². The van der Waals surface area contributed by atoms with Gasteiger partial charge in [0.15, 0.2) is 22.5 Å². The van der Waals surface area contributed by atoms with E-state index in [-0.39, 0.29) is 18.1 Å². The summed E-state index contributed by atoms with van der Waals surface area (Å²) in [6, 6.07) is 8.63. The lowest BCUT2D eigenvalue weighted by Crippen LogP contribution is -2.09. The van der Waals surface area contributed by atoms with E-state index in [4.69, 9.17) is 13.9 Å². The number of rotatable bonds is 9. The number of ether oxygens (including phenoxy) is 2. The maximum absolute atomic E-state index is 12.2. The van der Waals surface area contributed by atoms with E-state index in [1.165, 1.54) is 25.8 Å². The van der Waals surface area contributed by atoms with E-state index < -0.39 is 5.97 Å². The van der Waals surface area contributed by atoms with Crippen LogP contribution >= 0.6 is 11.8 Å². The fourth-order valence-corrected chi connectivity index (χ4v) is 3.50. The summed E-state index contributed by atoms with van der Waals surface area (Å²) in [5.41, 5.74) is 1.17. The molecule has 0 saturated heterocycles. The van der Waals surface area contributed by atoms with Crippen LogP contribution in [0.3, 0.4) is 0 Å². The lowest BCUT2D eigenvalue weighted by atomic mass is 10.1. The Bertz CT molecular complexity index is 998. The molecule has 3 rings (SSSR count). The molecule has 0 bridgehead atoms. The van der Waals surface area contributed by atoms with Gasteiger partial charge in [-0.25, -0.2) is 0 Å². The average molecular weight is 415 g/mol. The SMILES string of the molecule is CCn1c(SCC(=O)OCc2cc(C(C)=O)ccc2OC)nnc1-c1ccco1. The standard InChI is InChI=1S/C20H21N3O5S/c1-4-23-19(17-6-5-9-27-17)21-22-20(23)29-12-18(25)28-11-15-10-14(13(2)24)7-8-16(15)26-3/h5-10H,4,11-12H2,1-3H3. The van der Waals surface area contributed by atoms with Crippen molar-refractivity contribution in [2.24, 2.45) is 0 Å². The van der Waals surface area contributed by atoms with E-state index in [1.807, 2.05) is 11.5 Å². The van der Waals surface area contributed by atoms with E-state index in [0.29, 0.717) is 40.2 Å². The molecule has 2 aromatic heterocycles. The van der Waals surface area contributed by atoms with Crippen LogP contribution in [0, 0.1) is 0 Å². The van der Waals surface area contributed by atoms with Crippen molar-refractivity contribution < 1.29 is 23.5 Å². The number of aromatic nitrogens is 3. The fourth-order valence-electron chi connectivity index (χ4n) is 2.70. The van der Waals surface area contributed by atoms with Gasteiger partial charge in [0.05, 0.1) is 19.1 Å². The highest BCUT2D eigenvalue weighted by Gasteiger charge is 2.17. The summed E-state index contributed by atoms with van der Waals surface area (Å²) in [6.07, 6.45) is 1.57. The number of esters is 1. The second-order valence-corrected chi connectivity index (χ2v) is 7.00. The molecule has 0 atom stereocenters. The van der Waals surface area contributed by atoms with Gasteiger partial charge >= 0.3 is 5.97 Å². The normalized spacial score (nSPS) is 10.7. The number of Topliss-reactive ketones (excluding diaryl/α,β-unsaturated/α-hetero) is 1. The van der Waals surface area contributed by atoms with Crippen molar-refractivity contribution in [2.75, 3.05) is 12.9 Å². The Morgan fingerprint density at radius 3 is 2.72 bits per heavy atom. The molecule has 9 heteroatoms. The predicted octanol–water partition coefficient (Wildman–Crippen LogP) is 3.60. The highest BCUT2D eigenvalue weighted by molar-refractivity contribution is 7.99. The van der Waals surface area contributed by atoms with Gasteiger partial charge in [0, 0.05) is 17.7 Å². The van der Waals surface area contributed by atoms with Crippen LogP contribution in [0.5, 0.6) is 5.75 Å². The summed E-state index contributed by atoms with van der Waals surface area (Å²) < 4.78 is 17.9. The first-order valence-electron chi connectivity index (χ1n) is 8.96. The van der Waals surface area contributed by atoms with Gasteiger partial charge in [0.2, 0.25) is 0 Å². The van der Waals surface area contributed by atoms with E-state index >= 15 is 0 Å². The number of hydrogen-bond acceptors (Lipinski definition) is 8. The smallest absolute Gasteiger partial charge is 0.316 e. The molecule has 0 aliphatic rings. The lowest BCUT2D eigenvalue weighted by Gasteiger charge is -2.11. The number of methoxy groups -OCH3 is 1. The van der Waals surface area contributed by atoms with Crippen molar-refractivity contribution in [1.29, 1.82) is 0 Å². The maximum Gasteiger partial charge on any atom is 0.316 e. The number of carbonyl (C=O) groups is 2. The number of hydrogen-bond donors (Lipinski definition) is 0. The summed E-state index contributed by atoms with van der Waals surface area (Å²) in [4.78, 5) is 23.8. The zero-order chi connectivity index (χ0) is 20.8. The molecule has 0 amide bonds. The third-order valence-electron chi connectivity index (χ3n) is 4.17. The molecule has 152 valence electrons. The zero-order valence-electron chi connectivity index (χ0n) is 16.4. The second-order valence-electron chi connectivity index (χ2n) is 6.06. The highest BCUT2D eigenvalue weighted by atomic mass is 32.2. The minimum absolute atomic E-state index is 0.0157. The molecule has 29 heavy (non-hydrogen) atoms. The Labute approximate surface area is 172 Å². The second kappa shape index (κ2) is 9.42. The Morgan fingerprint density at radius 1 is 1.24 bits per heavy atom. The third-order valence-corrected chi connectivity index (χ3v) is 5.11. The first-order valence-corrected chi connectivity index (χ1v) is 9.95. The van der Waals surface area contributed by atoms with Gasteiger partial charge in [-0.05, 0) is 44.2 Å². The van der Waals surface area contributed by atoms with Gasteiger partial charge < -0.3 is 13.9 Å². The molecule has 2 heterocycles. The molecule has 0 N–H and O–H groups in total. The van der Waals surface area contributed by atoms with Crippen molar-refractivity contribution in [1.82, 2.24) is 14.8 Å². The van der Waals surface area contributed by atoms with E-state index in [2.05, 4.69) is 10.2 Å². The first kappa shape index (κ1) is 20.7. The summed E-state index contributed by atoms with van der Waals surface area (Å²) in [6.45, 7) is 4.10. The van der Waals surface area contributed by atoms with Gasteiger partial charge in [-0.1, -0.05) is 11.8 Å². The molecule has 0 unspecified atom stereocenters. The average Bonchev–Trinajstić information content (AvgIpc) is 3.39. The van der Waals surface area contributed by atoms with E-state index in [1.54, 1.807) is 36.6 Å².